The summed E-state index contributed by atoms with van der Waals surface area (Å²) in [6.45, 7) is 0.257. The molecule has 1 saturated carbocycles. The standard InChI is InChI=1S/C16H23NO4/c1-20-12-7-6-8-13(21-2)14(12)15(18)17-11-16(19)9-4-3-5-10-16/h6-8,19H,3-5,9-11H2,1-2H3,(H,17,18). The van der Waals surface area contributed by atoms with Crippen LogP contribution in [0.1, 0.15) is 42.5 Å². The van der Waals surface area contributed by atoms with Crippen molar-refractivity contribution in [1.82, 2.24) is 5.32 Å². The van der Waals surface area contributed by atoms with E-state index < -0.39 is 5.60 Å². The summed E-state index contributed by atoms with van der Waals surface area (Å²) in [7, 11) is 3.03. The topological polar surface area (TPSA) is 67.8 Å². The molecular formula is C16H23NO4. The highest BCUT2D eigenvalue weighted by Crippen LogP contribution is 2.30. The van der Waals surface area contributed by atoms with Crippen LogP contribution in [0.3, 0.4) is 0 Å². The number of hydrogen-bond acceptors (Lipinski definition) is 4. The molecule has 2 N–H and O–H groups in total. The first-order chi connectivity index (χ1) is 10.1. The molecule has 0 bridgehead atoms. The van der Waals surface area contributed by atoms with Crippen LogP contribution in [-0.2, 0) is 0 Å². The van der Waals surface area contributed by atoms with Crippen LogP contribution in [0.2, 0.25) is 0 Å². The van der Waals surface area contributed by atoms with Gasteiger partial charge in [-0.1, -0.05) is 25.3 Å². The summed E-state index contributed by atoms with van der Waals surface area (Å²) < 4.78 is 10.4. The molecule has 0 aromatic heterocycles. The molecular weight excluding hydrogens is 270 g/mol. The van der Waals surface area contributed by atoms with Crippen molar-refractivity contribution in [3.05, 3.63) is 23.8 Å². The maximum Gasteiger partial charge on any atom is 0.258 e. The molecule has 1 amide bonds. The molecule has 1 aliphatic carbocycles. The second kappa shape index (κ2) is 6.80. The lowest BCUT2D eigenvalue weighted by atomic mass is 9.85. The molecule has 0 spiro atoms. The summed E-state index contributed by atoms with van der Waals surface area (Å²) in [5.41, 5.74) is -0.426. The lowest BCUT2D eigenvalue weighted by Gasteiger charge is -2.32. The molecule has 0 atom stereocenters. The summed E-state index contributed by atoms with van der Waals surface area (Å²) in [5.74, 6) is 0.633. The van der Waals surface area contributed by atoms with Crippen molar-refractivity contribution in [3.8, 4) is 11.5 Å². The van der Waals surface area contributed by atoms with Crippen LogP contribution in [0, 0.1) is 0 Å². The van der Waals surface area contributed by atoms with Gasteiger partial charge in [0, 0.05) is 6.54 Å². The van der Waals surface area contributed by atoms with E-state index in [0.717, 1.165) is 32.1 Å². The molecule has 0 unspecified atom stereocenters. The molecule has 1 aliphatic rings. The van der Waals surface area contributed by atoms with Gasteiger partial charge in [-0.05, 0) is 25.0 Å². The third-order valence-electron chi connectivity index (χ3n) is 4.02. The van der Waals surface area contributed by atoms with Gasteiger partial charge in [0.25, 0.3) is 5.91 Å². The summed E-state index contributed by atoms with van der Waals surface area (Å²) in [5, 5.41) is 13.3. The SMILES string of the molecule is COc1cccc(OC)c1C(=O)NCC1(O)CCCCC1. The third kappa shape index (κ3) is 3.67. The van der Waals surface area contributed by atoms with Crippen LogP contribution >= 0.6 is 0 Å². The van der Waals surface area contributed by atoms with Gasteiger partial charge in [0.05, 0.1) is 19.8 Å². The van der Waals surface area contributed by atoms with E-state index in [9.17, 15) is 9.90 Å². The number of carbonyl (C=O) groups excluding carboxylic acids is 1. The predicted octanol–water partition coefficient (Wildman–Crippen LogP) is 2.13. The Hall–Kier alpha value is -1.75. The first kappa shape index (κ1) is 15.6. The smallest absolute Gasteiger partial charge is 0.258 e. The van der Waals surface area contributed by atoms with Crippen molar-refractivity contribution in [1.29, 1.82) is 0 Å². The minimum Gasteiger partial charge on any atom is -0.496 e. The summed E-state index contributed by atoms with van der Waals surface area (Å²) >= 11 is 0. The van der Waals surface area contributed by atoms with E-state index in [1.54, 1.807) is 18.2 Å². The van der Waals surface area contributed by atoms with Crippen LogP contribution in [0.15, 0.2) is 18.2 Å². The largest absolute Gasteiger partial charge is 0.496 e. The molecule has 1 aromatic rings. The fourth-order valence-electron chi connectivity index (χ4n) is 2.79. The number of nitrogens with one attached hydrogen (secondary N) is 1. The molecule has 0 aliphatic heterocycles. The number of ether oxygens (including phenoxy) is 2. The maximum atomic E-state index is 12.4. The van der Waals surface area contributed by atoms with Gasteiger partial charge >= 0.3 is 0 Å². The van der Waals surface area contributed by atoms with Gasteiger partial charge in [-0.25, -0.2) is 0 Å². The number of rotatable bonds is 5. The molecule has 5 nitrogen and oxygen atoms in total. The van der Waals surface area contributed by atoms with Crippen molar-refractivity contribution in [3.63, 3.8) is 0 Å². The second-order valence-corrected chi connectivity index (χ2v) is 5.51. The summed E-state index contributed by atoms with van der Waals surface area (Å²) in [6.07, 6.45) is 4.62. The first-order valence-corrected chi connectivity index (χ1v) is 7.31. The zero-order valence-electron chi connectivity index (χ0n) is 12.6. The van der Waals surface area contributed by atoms with E-state index in [2.05, 4.69) is 5.32 Å². The molecule has 5 heteroatoms. The third-order valence-corrected chi connectivity index (χ3v) is 4.02. The molecule has 2 rings (SSSR count). The predicted molar refractivity (Wildman–Crippen MR) is 79.9 cm³/mol. The number of carbonyl (C=O) groups is 1. The Labute approximate surface area is 125 Å². The quantitative estimate of drug-likeness (QED) is 0.872. The van der Waals surface area contributed by atoms with E-state index in [-0.39, 0.29) is 12.5 Å². The number of aliphatic hydroxyl groups is 1. The monoisotopic (exact) mass is 293 g/mol. The number of hydrogen-bond donors (Lipinski definition) is 2. The van der Waals surface area contributed by atoms with E-state index in [1.807, 2.05) is 0 Å². The molecule has 0 heterocycles. The van der Waals surface area contributed by atoms with Crippen LogP contribution in [0.25, 0.3) is 0 Å². The highest BCUT2D eigenvalue weighted by Gasteiger charge is 2.30. The Morgan fingerprint density at radius 1 is 1.19 bits per heavy atom. The fraction of sp³-hybridized carbons (Fsp3) is 0.562. The van der Waals surface area contributed by atoms with Crippen LogP contribution < -0.4 is 14.8 Å². The molecule has 21 heavy (non-hydrogen) atoms. The Bertz CT molecular complexity index is 473. The van der Waals surface area contributed by atoms with Gasteiger partial charge in [0.2, 0.25) is 0 Å². The minimum atomic E-state index is -0.789. The average molecular weight is 293 g/mol. The van der Waals surface area contributed by atoms with Gasteiger partial charge < -0.3 is 19.9 Å². The Morgan fingerprint density at radius 2 is 1.76 bits per heavy atom. The summed E-state index contributed by atoms with van der Waals surface area (Å²) in [4.78, 5) is 12.4. The minimum absolute atomic E-state index is 0.257. The molecule has 1 aromatic carbocycles. The highest BCUT2D eigenvalue weighted by molar-refractivity contribution is 5.99. The van der Waals surface area contributed by atoms with Crippen LogP contribution in [0.4, 0.5) is 0 Å². The zero-order valence-corrected chi connectivity index (χ0v) is 12.6. The van der Waals surface area contributed by atoms with E-state index in [4.69, 9.17) is 9.47 Å². The van der Waals surface area contributed by atoms with Gasteiger partial charge in [-0.2, -0.15) is 0 Å². The van der Waals surface area contributed by atoms with Crippen LogP contribution in [-0.4, -0.2) is 37.4 Å². The number of amides is 1. The number of methoxy groups -OCH3 is 2. The molecule has 1 fully saturated rings. The Morgan fingerprint density at radius 3 is 2.29 bits per heavy atom. The zero-order chi connectivity index (χ0) is 15.3. The maximum absolute atomic E-state index is 12.4. The van der Waals surface area contributed by atoms with Crippen molar-refractivity contribution in [2.75, 3.05) is 20.8 Å². The fourth-order valence-corrected chi connectivity index (χ4v) is 2.79. The average Bonchev–Trinajstić information content (AvgIpc) is 2.52. The van der Waals surface area contributed by atoms with E-state index in [0.29, 0.717) is 17.1 Å². The lowest BCUT2D eigenvalue weighted by Crippen LogP contribution is -2.44. The van der Waals surface area contributed by atoms with Gasteiger partial charge in [-0.3, -0.25) is 4.79 Å². The van der Waals surface area contributed by atoms with Crippen molar-refractivity contribution in [2.24, 2.45) is 0 Å². The van der Waals surface area contributed by atoms with Crippen LogP contribution in [0.5, 0.6) is 11.5 Å². The first-order valence-electron chi connectivity index (χ1n) is 7.31. The van der Waals surface area contributed by atoms with E-state index in [1.165, 1.54) is 14.2 Å². The van der Waals surface area contributed by atoms with Gasteiger partial charge in [-0.15, -0.1) is 0 Å². The molecule has 0 radical (unpaired) electrons. The second-order valence-electron chi connectivity index (χ2n) is 5.51. The van der Waals surface area contributed by atoms with Crippen molar-refractivity contribution in [2.45, 2.75) is 37.7 Å². The van der Waals surface area contributed by atoms with E-state index >= 15 is 0 Å². The van der Waals surface area contributed by atoms with Gasteiger partial charge in [0.1, 0.15) is 17.1 Å². The Kier molecular flexibility index (Phi) is 5.07. The Balaban J connectivity index is 2.09. The highest BCUT2D eigenvalue weighted by atomic mass is 16.5. The summed E-state index contributed by atoms with van der Waals surface area (Å²) in [6, 6.07) is 5.20. The van der Waals surface area contributed by atoms with Crippen molar-refractivity contribution < 1.29 is 19.4 Å². The molecule has 0 saturated heterocycles. The van der Waals surface area contributed by atoms with Gasteiger partial charge in [0.15, 0.2) is 0 Å². The molecule has 116 valence electrons. The number of benzene rings is 1. The van der Waals surface area contributed by atoms with Crippen molar-refractivity contribution >= 4 is 5.91 Å². The lowest BCUT2D eigenvalue weighted by molar-refractivity contribution is 0.00520. The normalized spacial score (nSPS) is 17.1.